The van der Waals surface area contributed by atoms with E-state index in [-0.39, 0.29) is 0 Å². The molecule has 21 heavy (non-hydrogen) atoms. The Bertz CT molecular complexity index is 846. The molecule has 0 bridgehead atoms. The van der Waals surface area contributed by atoms with Gasteiger partial charge in [0.2, 0.25) is 0 Å². The third kappa shape index (κ3) is 2.17. The second-order valence-electron chi connectivity index (χ2n) is 4.81. The molecular weight excluding hydrogens is 260 g/mol. The average Bonchev–Trinajstić information content (AvgIpc) is 3.00. The van der Waals surface area contributed by atoms with Gasteiger partial charge in [-0.25, -0.2) is 9.55 Å². The van der Waals surface area contributed by atoms with E-state index in [1.807, 2.05) is 53.4 Å². The summed E-state index contributed by atoms with van der Waals surface area (Å²) in [5.41, 5.74) is 4.32. The van der Waals surface area contributed by atoms with E-state index in [0.717, 1.165) is 28.1 Å². The third-order valence-electron chi connectivity index (χ3n) is 3.46. The largest absolute Gasteiger partial charge is 0.401 e. The molecule has 0 aliphatic carbocycles. The second-order valence-corrected chi connectivity index (χ2v) is 4.81. The number of nitrogens with zero attached hydrogens (tertiary/aromatic N) is 3. The van der Waals surface area contributed by atoms with Gasteiger partial charge in [-0.2, -0.15) is 0 Å². The Morgan fingerprint density at radius 3 is 2.29 bits per heavy atom. The summed E-state index contributed by atoms with van der Waals surface area (Å²) in [6.45, 7) is 0. The minimum Gasteiger partial charge on any atom is -0.265 e. The number of hydrogen-bond acceptors (Lipinski definition) is 2. The number of aromatic nitrogens is 4. The fraction of sp³-hybridized carbons (Fsp3) is 0. The standard InChI is InChI=1S/C17H13N4/c1-2-4-16-15(3-1)19-17(20-16)21-11-7-14(8-12-21)13-5-9-18-10-6-13/h1-12H,(H,19,20)/q+1. The van der Waals surface area contributed by atoms with Crippen LogP contribution in [-0.4, -0.2) is 15.0 Å². The molecule has 3 heterocycles. The molecule has 1 aromatic carbocycles. The summed E-state index contributed by atoms with van der Waals surface area (Å²) in [6.07, 6.45) is 7.62. The summed E-state index contributed by atoms with van der Waals surface area (Å²) in [5.74, 6) is 0.817. The van der Waals surface area contributed by atoms with Gasteiger partial charge in [-0.15, -0.1) is 0 Å². The summed E-state index contributed by atoms with van der Waals surface area (Å²) >= 11 is 0. The molecular formula is C17H13N4+. The normalized spacial score (nSPS) is 10.9. The Balaban J connectivity index is 1.73. The first-order valence-corrected chi connectivity index (χ1v) is 6.77. The van der Waals surface area contributed by atoms with E-state index in [2.05, 4.69) is 27.1 Å². The van der Waals surface area contributed by atoms with Gasteiger partial charge in [0.1, 0.15) is 5.52 Å². The van der Waals surface area contributed by atoms with Crippen LogP contribution in [0.5, 0.6) is 0 Å². The monoisotopic (exact) mass is 273 g/mol. The first-order chi connectivity index (χ1) is 10.4. The van der Waals surface area contributed by atoms with E-state index in [9.17, 15) is 0 Å². The number of fused-ring (bicyclic) bond motifs is 1. The molecule has 4 heteroatoms. The summed E-state index contributed by atoms with van der Waals surface area (Å²) < 4.78 is 1.98. The van der Waals surface area contributed by atoms with Crippen molar-refractivity contribution in [3.63, 3.8) is 0 Å². The molecule has 0 fully saturated rings. The van der Waals surface area contributed by atoms with Gasteiger partial charge < -0.3 is 0 Å². The van der Waals surface area contributed by atoms with Crippen molar-refractivity contribution in [3.8, 4) is 17.1 Å². The Hall–Kier alpha value is -3.01. The molecule has 0 unspecified atom stereocenters. The number of pyridine rings is 2. The number of H-pyrrole nitrogens is 1. The van der Waals surface area contributed by atoms with Crippen LogP contribution < -0.4 is 4.57 Å². The zero-order valence-corrected chi connectivity index (χ0v) is 11.3. The van der Waals surface area contributed by atoms with Crippen molar-refractivity contribution in [1.29, 1.82) is 0 Å². The first-order valence-electron chi connectivity index (χ1n) is 6.77. The fourth-order valence-corrected chi connectivity index (χ4v) is 2.37. The Morgan fingerprint density at radius 2 is 1.52 bits per heavy atom. The van der Waals surface area contributed by atoms with Crippen molar-refractivity contribution in [2.24, 2.45) is 0 Å². The molecule has 4 aromatic rings. The van der Waals surface area contributed by atoms with E-state index in [1.54, 1.807) is 12.4 Å². The number of aromatic amines is 1. The molecule has 0 spiro atoms. The van der Waals surface area contributed by atoms with Crippen LogP contribution in [0, 0.1) is 0 Å². The summed E-state index contributed by atoms with van der Waals surface area (Å²) in [4.78, 5) is 11.9. The number of nitrogens with one attached hydrogen (secondary N) is 1. The maximum atomic E-state index is 4.58. The lowest BCUT2D eigenvalue weighted by molar-refractivity contribution is -0.603. The predicted molar refractivity (Wildman–Crippen MR) is 80.9 cm³/mol. The van der Waals surface area contributed by atoms with Crippen LogP contribution in [0.15, 0.2) is 73.3 Å². The molecule has 4 nitrogen and oxygen atoms in total. The van der Waals surface area contributed by atoms with Crippen molar-refractivity contribution < 1.29 is 4.57 Å². The van der Waals surface area contributed by atoms with E-state index >= 15 is 0 Å². The van der Waals surface area contributed by atoms with Crippen LogP contribution in [-0.2, 0) is 0 Å². The minimum atomic E-state index is 0.817. The lowest BCUT2D eigenvalue weighted by Crippen LogP contribution is -2.30. The van der Waals surface area contributed by atoms with E-state index in [0.29, 0.717) is 0 Å². The summed E-state index contributed by atoms with van der Waals surface area (Å²) in [6, 6.07) is 16.2. The highest BCUT2D eigenvalue weighted by Crippen LogP contribution is 2.16. The molecule has 0 radical (unpaired) electrons. The molecule has 3 aromatic heterocycles. The molecule has 1 N–H and O–H groups in total. The third-order valence-corrected chi connectivity index (χ3v) is 3.46. The van der Waals surface area contributed by atoms with Crippen LogP contribution in [0.25, 0.3) is 28.1 Å². The predicted octanol–water partition coefficient (Wildman–Crippen LogP) is 2.90. The highest BCUT2D eigenvalue weighted by molar-refractivity contribution is 5.75. The van der Waals surface area contributed by atoms with Crippen LogP contribution in [0.4, 0.5) is 0 Å². The van der Waals surface area contributed by atoms with Gasteiger partial charge in [-0.3, -0.25) is 4.98 Å². The lowest BCUT2D eigenvalue weighted by Gasteiger charge is -2.00. The topological polar surface area (TPSA) is 45.5 Å². The van der Waals surface area contributed by atoms with Crippen LogP contribution in [0.3, 0.4) is 0 Å². The van der Waals surface area contributed by atoms with Crippen molar-refractivity contribution in [3.05, 3.63) is 73.3 Å². The quantitative estimate of drug-likeness (QED) is 0.571. The summed E-state index contributed by atoms with van der Waals surface area (Å²) in [7, 11) is 0. The van der Waals surface area contributed by atoms with E-state index < -0.39 is 0 Å². The molecule has 4 rings (SSSR count). The maximum absolute atomic E-state index is 4.58. The van der Waals surface area contributed by atoms with Gasteiger partial charge in [-0.05, 0) is 47.5 Å². The van der Waals surface area contributed by atoms with Crippen molar-refractivity contribution in [2.45, 2.75) is 0 Å². The number of rotatable bonds is 2. The number of hydrogen-bond donors (Lipinski definition) is 1. The van der Waals surface area contributed by atoms with Gasteiger partial charge in [0.15, 0.2) is 5.52 Å². The molecule has 0 aliphatic heterocycles. The highest BCUT2D eigenvalue weighted by Gasteiger charge is 2.12. The van der Waals surface area contributed by atoms with E-state index in [4.69, 9.17) is 0 Å². The van der Waals surface area contributed by atoms with Crippen molar-refractivity contribution in [2.75, 3.05) is 0 Å². The number of para-hydroxylation sites is 2. The minimum absolute atomic E-state index is 0.817. The highest BCUT2D eigenvalue weighted by atomic mass is 15.1. The first kappa shape index (κ1) is 11.8. The molecule has 0 saturated heterocycles. The lowest BCUT2D eigenvalue weighted by atomic mass is 10.1. The fourth-order valence-electron chi connectivity index (χ4n) is 2.37. The van der Waals surface area contributed by atoms with Gasteiger partial charge in [0.05, 0.1) is 12.4 Å². The van der Waals surface area contributed by atoms with Crippen molar-refractivity contribution >= 4 is 11.0 Å². The zero-order valence-electron chi connectivity index (χ0n) is 11.3. The van der Waals surface area contributed by atoms with Crippen LogP contribution >= 0.6 is 0 Å². The zero-order chi connectivity index (χ0) is 14.1. The average molecular weight is 273 g/mol. The van der Waals surface area contributed by atoms with Crippen molar-refractivity contribution in [1.82, 2.24) is 15.0 Å². The SMILES string of the molecule is c1ccc2[nH]c(-[n+]3ccc(-c4ccncc4)cc3)nc2c1. The summed E-state index contributed by atoms with van der Waals surface area (Å²) in [5, 5.41) is 0. The molecule has 0 saturated carbocycles. The Labute approximate surface area is 121 Å². The Kier molecular flexibility index (Phi) is 2.71. The van der Waals surface area contributed by atoms with Gasteiger partial charge in [0.25, 0.3) is 0 Å². The second kappa shape index (κ2) is 4.83. The molecule has 0 atom stereocenters. The molecule has 100 valence electrons. The molecule has 0 aliphatic rings. The number of benzene rings is 1. The molecule has 0 amide bonds. The van der Waals surface area contributed by atoms with Gasteiger partial charge >= 0.3 is 5.95 Å². The number of imidazole rings is 1. The van der Waals surface area contributed by atoms with Crippen LogP contribution in [0.2, 0.25) is 0 Å². The van der Waals surface area contributed by atoms with Gasteiger partial charge in [-0.1, -0.05) is 17.1 Å². The van der Waals surface area contributed by atoms with Crippen LogP contribution in [0.1, 0.15) is 0 Å². The van der Waals surface area contributed by atoms with Gasteiger partial charge in [0, 0.05) is 12.4 Å². The maximum Gasteiger partial charge on any atom is 0.401 e. The Morgan fingerprint density at radius 1 is 0.810 bits per heavy atom. The van der Waals surface area contributed by atoms with E-state index in [1.165, 1.54) is 0 Å². The smallest absolute Gasteiger partial charge is 0.265 e.